The number of nitrogens with zero attached hydrogens (tertiary/aromatic N) is 1. The minimum absolute atomic E-state index is 0.288. The SMILES string of the molecule is CCCCC(NC(CCC)C(=O)O)C(=O)Nc1cc(C)on1. The lowest BCUT2D eigenvalue weighted by Gasteiger charge is -2.22. The number of rotatable bonds is 10. The van der Waals surface area contributed by atoms with Crippen molar-refractivity contribution in [1.29, 1.82) is 0 Å². The average Bonchev–Trinajstić information content (AvgIpc) is 2.87. The smallest absolute Gasteiger partial charge is 0.320 e. The fraction of sp³-hybridized carbons (Fsp3) is 0.667. The van der Waals surface area contributed by atoms with E-state index in [1.54, 1.807) is 13.0 Å². The Morgan fingerprint density at radius 2 is 2.00 bits per heavy atom. The van der Waals surface area contributed by atoms with Crippen molar-refractivity contribution in [3.8, 4) is 0 Å². The minimum Gasteiger partial charge on any atom is -0.480 e. The van der Waals surface area contributed by atoms with Crippen LogP contribution in [0.4, 0.5) is 5.82 Å². The zero-order valence-corrected chi connectivity index (χ0v) is 13.4. The number of hydrogen-bond acceptors (Lipinski definition) is 5. The topological polar surface area (TPSA) is 104 Å². The predicted octanol–water partition coefficient (Wildman–Crippen LogP) is 2.32. The number of amides is 1. The molecule has 2 atom stereocenters. The number of hydrogen-bond donors (Lipinski definition) is 3. The second-order valence-electron chi connectivity index (χ2n) is 5.35. The van der Waals surface area contributed by atoms with Gasteiger partial charge in [0.05, 0.1) is 6.04 Å². The number of carboxylic acids is 1. The van der Waals surface area contributed by atoms with E-state index in [0.717, 1.165) is 19.3 Å². The highest BCUT2D eigenvalue weighted by Crippen LogP contribution is 2.11. The van der Waals surface area contributed by atoms with Crippen molar-refractivity contribution >= 4 is 17.7 Å². The quantitative estimate of drug-likeness (QED) is 0.612. The Bertz CT molecular complexity index is 487. The first-order valence-electron chi connectivity index (χ1n) is 7.70. The van der Waals surface area contributed by atoms with Crippen LogP contribution < -0.4 is 10.6 Å². The Balaban J connectivity index is 2.72. The van der Waals surface area contributed by atoms with Gasteiger partial charge in [-0.05, 0) is 19.8 Å². The maximum absolute atomic E-state index is 12.3. The number of carbonyl (C=O) groups excluding carboxylic acids is 1. The standard InChI is InChI=1S/C15H25N3O4/c1-4-6-8-11(16-12(7-5-2)15(20)21)14(19)17-13-9-10(3)22-18-13/h9,11-12,16H,4-8H2,1-3H3,(H,20,21)(H,17,18,19). The molecule has 1 amide bonds. The molecule has 3 N–H and O–H groups in total. The van der Waals surface area contributed by atoms with E-state index >= 15 is 0 Å². The monoisotopic (exact) mass is 311 g/mol. The minimum atomic E-state index is -0.937. The van der Waals surface area contributed by atoms with E-state index in [9.17, 15) is 14.7 Å². The molecule has 0 saturated carbocycles. The van der Waals surface area contributed by atoms with Gasteiger partial charge in [-0.25, -0.2) is 0 Å². The van der Waals surface area contributed by atoms with E-state index in [2.05, 4.69) is 15.8 Å². The Kier molecular flexibility index (Phi) is 7.59. The Morgan fingerprint density at radius 1 is 1.27 bits per heavy atom. The molecular formula is C15H25N3O4. The molecule has 1 aromatic heterocycles. The van der Waals surface area contributed by atoms with Crippen molar-refractivity contribution in [2.45, 2.75) is 65.0 Å². The second kappa shape index (κ2) is 9.19. The normalized spacial score (nSPS) is 13.6. The fourth-order valence-corrected chi connectivity index (χ4v) is 2.15. The lowest BCUT2D eigenvalue weighted by atomic mass is 10.1. The summed E-state index contributed by atoms with van der Waals surface area (Å²) in [7, 11) is 0. The highest BCUT2D eigenvalue weighted by molar-refractivity contribution is 5.94. The highest BCUT2D eigenvalue weighted by atomic mass is 16.5. The Morgan fingerprint density at radius 3 is 2.50 bits per heavy atom. The summed E-state index contributed by atoms with van der Waals surface area (Å²) in [5, 5.41) is 18.6. The summed E-state index contributed by atoms with van der Waals surface area (Å²) in [5.74, 6) is -0.284. The number of carbonyl (C=O) groups is 2. The third-order valence-corrected chi connectivity index (χ3v) is 3.32. The molecule has 0 aliphatic rings. The predicted molar refractivity (Wildman–Crippen MR) is 82.7 cm³/mol. The number of aromatic nitrogens is 1. The summed E-state index contributed by atoms with van der Waals surface area (Å²) in [5.41, 5.74) is 0. The van der Waals surface area contributed by atoms with Crippen molar-refractivity contribution in [2.24, 2.45) is 0 Å². The molecule has 7 heteroatoms. The maximum atomic E-state index is 12.3. The van der Waals surface area contributed by atoms with E-state index in [-0.39, 0.29) is 5.91 Å². The summed E-state index contributed by atoms with van der Waals surface area (Å²) in [6.07, 6.45) is 3.55. The van der Waals surface area contributed by atoms with Crippen molar-refractivity contribution in [3.05, 3.63) is 11.8 Å². The van der Waals surface area contributed by atoms with E-state index in [1.165, 1.54) is 0 Å². The zero-order chi connectivity index (χ0) is 16.5. The molecule has 1 rings (SSSR count). The number of aryl methyl sites for hydroxylation is 1. The molecule has 0 bridgehead atoms. The van der Waals surface area contributed by atoms with Crippen molar-refractivity contribution in [1.82, 2.24) is 10.5 Å². The maximum Gasteiger partial charge on any atom is 0.320 e. The van der Waals surface area contributed by atoms with Crippen LogP contribution in [0.15, 0.2) is 10.6 Å². The lowest BCUT2D eigenvalue weighted by molar-refractivity contribution is -0.140. The summed E-state index contributed by atoms with van der Waals surface area (Å²) in [6.45, 7) is 5.67. The van der Waals surface area contributed by atoms with Gasteiger partial charge in [0.1, 0.15) is 11.8 Å². The summed E-state index contributed by atoms with van der Waals surface area (Å²) >= 11 is 0. The molecule has 2 unspecified atom stereocenters. The first-order chi connectivity index (χ1) is 10.5. The highest BCUT2D eigenvalue weighted by Gasteiger charge is 2.25. The van der Waals surface area contributed by atoms with Crippen molar-refractivity contribution < 1.29 is 19.2 Å². The summed E-state index contributed by atoms with van der Waals surface area (Å²) in [4.78, 5) is 23.6. The van der Waals surface area contributed by atoms with E-state index in [4.69, 9.17) is 4.52 Å². The second-order valence-corrected chi connectivity index (χ2v) is 5.35. The molecule has 0 aliphatic carbocycles. The van der Waals surface area contributed by atoms with Crippen LogP contribution in [0, 0.1) is 6.92 Å². The fourth-order valence-electron chi connectivity index (χ4n) is 2.15. The summed E-state index contributed by atoms with van der Waals surface area (Å²) < 4.78 is 4.90. The van der Waals surface area contributed by atoms with E-state index in [0.29, 0.717) is 24.4 Å². The van der Waals surface area contributed by atoms with Gasteiger partial charge in [0.2, 0.25) is 5.91 Å². The molecule has 0 radical (unpaired) electrons. The van der Waals surface area contributed by atoms with Crippen LogP contribution in [-0.4, -0.2) is 34.2 Å². The van der Waals surface area contributed by atoms with Crippen LogP contribution in [0.5, 0.6) is 0 Å². The van der Waals surface area contributed by atoms with Gasteiger partial charge in [0, 0.05) is 6.07 Å². The first-order valence-corrected chi connectivity index (χ1v) is 7.70. The van der Waals surface area contributed by atoms with Crippen LogP contribution in [0.2, 0.25) is 0 Å². The van der Waals surface area contributed by atoms with Crippen LogP contribution in [0.1, 0.15) is 51.7 Å². The molecule has 0 fully saturated rings. The van der Waals surface area contributed by atoms with Crippen LogP contribution in [0.3, 0.4) is 0 Å². The Labute approximate surface area is 130 Å². The van der Waals surface area contributed by atoms with E-state index < -0.39 is 18.1 Å². The van der Waals surface area contributed by atoms with Gasteiger partial charge < -0.3 is 14.9 Å². The van der Waals surface area contributed by atoms with Gasteiger partial charge >= 0.3 is 5.97 Å². The molecule has 0 aromatic carbocycles. The molecule has 7 nitrogen and oxygen atoms in total. The van der Waals surface area contributed by atoms with Gasteiger partial charge in [0.25, 0.3) is 0 Å². The number of anilines is 1. The zero-order valence-electron chi connectivity index (χ0n) is 13.4. The number of carboxylic acid groups (broad SMARTS) is 1. The molecule has 1 heterocycles. The van der Waals surface area contributed by atoms with Gasteiger partial charge in [-0.3, -0.25) is 14.9 Å². The van der Waals surface area contributed by atoms with Gasteiger partial charge in [-0.1, -0.05) is 38.3 Å². The Hall–Kier alpha value is -1.89. The number of aliphatic carboxylic acids is 1. The molecule has 0 spiro atoms. The molecule has 0 aliphatic heterocycles. The summed E-state index contributed by atoms with van der Waals surface area (Å²) in [6, 6.07) is 0.330. The third-order valence-electron chi connectivity index (χ3n) is 3.32. The third kappa shape index (κ3) is 5.85. The van der Waals surface area contributed by atoms with Crippen molar-refractivity contribution in [2.75, 3.05) is 5.32 Å². The molecule has 124 valence electrons. The van der Waals surface area contributed by atoms with Crippen molar-refractivity contribution in [3.63, 3.8) is 0 Å². The van der Waals surface area contributed by atoms with Gasteiger partial charge in [-0.2, -0.15) is 0 Å². The first kappa shape index (κ1) is 18.2. The molecule has 22 heavy (non-hydrogen) atoms. The molecule has 1 aromatic rings. The van der Waals surface area contributed by atoms with E-state index in [1.807, 2.05) is 13.8 Å². The lowest BCUT2D eigenvalue weighted by Crippen LogP contribution is -2.49. The molecular weight excluding hydrogens is 286 g/mol. The van der Waals surface area contributed by atoms with Crippen LogP contribution in [-0.2, 0) is 9.59 Å². The van der Waals surface area contributed by atoms with Crippen LogP contribution in [0.25, 0.3) is 0 Å². The van der Waals surface area contributed by atoms with Gasteiger partial charge in [-0.15, -0.1) is 0 Å². The van der Waals surface area contributed by atoms with Crippen LogP contribution >= 0.6 is 0 Å². The van der Waals surface area contributed by atoms with Gasteiger partial charge in [0.15, 0.2) is 5.82 Å². The molecule has 0 saturated heterocycles. The number of unbranched alkanes of at least 4 members (excludes halogenated alkanes) is 1. The largest absolute Gasteiger partial charge is 0.480 e. The average molecular weight is 311 g/mol. The number of nitrogens with one attached hydrogen (secondary N) is 2.